The summed E-state index contributed by atoms with van der Waals surface area (Å²) in [4.78, 5) is 12.1. The van der Waals surface area contributed by atoms with Crippen molar-refractivity contribution in [2.45, 2.75) is 32.1 Å². The first-order chi connectivity index (χ1) is 13.1. The maximum absolute atomic E-state index is 12.1. The summed E-state index contributed by atoms with van der Waals surface area (Å²) in [5.74, 6) is -0.114. The third kappa shape index (κ3) is 6.23. The number of nitrogens with one attached hydrogen (secondary N) is 2. The Labute approximate surface area is 170 Å². The number of nitrogens with zero attached hydrogens (tertiary/aromatic N) is 4. The number of halogens is 1. The molecule has 2 heterocycles. The summed E-state index contributed by atoms with van der Waals surface area (Å²) in [6.45, 7) is 0. The number of aryl methyl sites for hydroxylation is 2. The molecule has 1 amide bonds. The van der Waals surface area contributed by atoms with E-state index in [-0.39, 0.29) is 12.3 Å². The lowest BCUT2D eigenvalue weighted by Crippen LogP contribution is -2.14. The van der Waals surface area contributed by atoms with Crippen LogP contribution in [0.3, 0.4) is 0 Å². The lowest BCUT2D eigenvalue weighted by molar-refractivity contribution is -0.115. The molecule has 0 unspecified atom stereocenters. The summed E-state index contributed by atoms with van der Waals surface area (Å²) in [6, 6.07) is 7.22. The number of anilines is 2. The molecule has 0 atom stereocenters. The maximum atomic E-state index is 12.1. The minimum Gasteiger partial charge on any atom is -0.363 e. The zero-order valence-electron chi connectivity index (χ0n) is 14.7. The zero-order valence-corrected chi connectivity index (χ0v) is 17.1. The molecule has 0 saturated carbocycles. The van der Waals surface area contributed by atoms with Crippen LogP contribution in [0.5, 0.6) is 0 Å². The average molecular weight is 423 g/mol. The fraction of sp³-hybridized carbons (Fsp3) is 0.353. The summed E-state index contributed by atoms with van der Waals surface area (Å²) in [5, 5.41) is 26.1. The summed E-state index contributed by atoms with van der Waals surface area (Å²) in [6.07, 6.45) is 4.02. The molecule has 7 nitrogen and oxygen atoms in total. The summed E-state index contributed by atoms with van der Waals surface area (Å²) in [7, 11) is 1.84. The van der Waals surface area contributed by atoms with Gasteiger partial charge in [-0.05, 0) is 30.5 Å². The highest BCUT2D eigenvalue weighted by atomic mass is 35.5. The van der Waals surface area contributed by atoms with Crippen LogP contribution >= 0.6 is 34.3 Å². The Hall–Kier alpha value is -2.10. The van der Waals surface area contributed by atoms with Gasteiger partial charge in [-0.25, -0.2) is 0 Å². The number of amides is 1. The van der Waals surface area contributed by atoms with E-state index in [1.807, 2.05) is 19.2 Å². The van der Waals surface area contributed by atoms with Crippen molar-refractivity contribution in [1.82, 2.24) is 20.4 Å². The zero-order chi connectivity index (χ0) is 19.1. The predicted octanol–water partition coefficient (Wildman–Crippen LogP) is 3.83. The molecule has 0 aliphatic rings. The Kier molecular flexibility index (Phi) is 7.08. The van der Waals surface area contributed by atoms with Crippen molar-refractivity contribution in [2.75, 3.05) is 17.7 Å². The Morgan fingerprint density at radius 3 is 2.15 bits per heavy atom. The van der Waals surface area contributed by atoms with Crippen molar-refractivity contribution >= 4 is 50.4 Å². The molecule has 0 fully saturated rings. The van der Waals surface area contributed by atoms with Crippen LogP contribution in [0.1, 0.15) is 28.4 Å². The van der Waals surface area contributed by atoms with Gasteiger partial charge in [-0.1, -0.05) is 46.4 Å². The number of hydrogen-bond acceptors (Lipinski definition) is 8. The molecule has 2 N–H and O–H groups in total. The van der Waals surface area contributed by atoms with Gasteiger partial charge in [0.25, 0.3) is 0 Å². The van der Waals surface area contributed by atoms with Crippen LogP contribution in [0, 0.1) is 0 Å². The highest BCUT2D eigenvalue weighted by Gasteiger charge is 2.09. The molecule has 2 aromatic heterocycles. The van der Waals surface area contributed by atoms with Crippen LogP contribution in [-0.4, -0.2) is 33.3 Å². The molecule has 27 heavy (non-hydrogen) atoms. The first-order valence-corrected chi connectivity index (χ1v) is 10.5. The van der Waals surface area contributed by atoms with Crippen molar-refractivity contribution in [3.05, 3.63) is 44.9 Å². The van der Waals surface area contributed by atoms with E-state index in [4.69, 9.17) is 11.6 Å². The predicted molar refractivity (Wildman–Crippen MR) is 110 cm³/mol. The monoisotopic (exact) mass is 422 g/mol. The quantitative estimate of drug-likeness (QED) is 0.509. The maximum Gasteiger partial charge on any atom is 0.230 e. The van der Waals surface area contributed by atoms with E-state index in [0.29, 0.717) is 10.2 Å². The molecular weight excluding hydrogens is 404 g/mol. The first-order valence-electron chi connectivity index (χ1n) is 8.49. The summed E-state index contributed by atoms with van der Waals surface area (Å²) in [5.41, 5.74) is 0.903. The standard InChI is InChI=1S/C17H19ClN6OS2/c1-19-16-23-21-14(26-16)4-2-3-5-15-22-24-17(27-15)20-13(25)10-11-6-8-12(18)9-7-11/h6-9H,2-5,10H2,1H3,(H,19,23)(H,20,24,25). The lowest BCUT2D eigenvalue weighted by Gasteiger charge is -2.01. The average Bonchev–Trinajstić information content (AvgIpc) is 3.30. The third-order valence-corrected chi connectivity index (χ3v) is 5.85. The highest BCUT2D eigenvalue weighted by molar-refractivity contribution is 7.15. The number of carbonyl (C=O) groups excluding carboxylic acids is 1. The second-order valence-corrected chi connectivity index (χ2v) is 8.37. The first kappa shape index (κ1) is 19.7. The van der Waals surface area contributed by atoms with Crippen LogP contribution in [0.2, 0.25) is 5.02 Å². The lowest BCUT2D eigenvalue weighted by atomic mass is 10.1. The molecule has 0 spiro atoms. The minimum atomic E-state index is -0.114. The SMILES string of the molecule is CNc1nnc(CCCCc2nnc(NC(=O)Cc3ccc(Cl)cc3)s2)s1. The van der Waals surface area contributed by atoms with Crippen LogP contribution < -0.4 is 10.6 Å². The van der Waals surface area contributed by atoms with Crippen molar-refractivity contribution in [3.8, 4) is 0 Å². The van der Waals surface area contributed by atoms with Gasteiger partial charge in [0, 0.05) is 24.9 Å². The van der Waals surface area contributed by atoms with Gasteiger partial charge >= 0.3 is 0 Å². The Bertz CT molecular complexity index is 880. The molecule has 1 aromatic carbocycles. The van der Waals surface area contributed by atoms with Gasteiger partial charge in [-0.15, -0.1) is 20.4 Å². The fourth-order valence-corrected chi connectivity index (χ4v) is 4.02. The van der Waals surface area contributed by atoms with E-state index >= 15 is 0 Å². The van der Waals surface area contributed by atoms with E-state index in [1.165, 1.54) is 11.3 Å². The molecule has 0 aliphatic heterocycles. The number of hydrogen-bond donors (Lipinski definition) is 2. The third-order valence-electron chi connectivity index (χ3n) is 3.70. The van der Waals surface area contributed by atoms with Crippen LogP contribution in [0.4, 0.5) is 10.3 Å². The van der Waals surface area contributed by atoms with Gasteiger partial charge in [0.05, 0.1) is 6.42 Å². The largest absolute Gasteiger partial charge is 0.363 e. The molecule has 0 bridgehead atoms. The van der Waals surface area contributed by atoms with Crippen molar-refractivity contribution in [2.24, 2.45) is 0 Å². The van der Waals surface area contributed by atoms with Gasteiger partial charge in [0.1, 0.15) is 10.0 Å². The summed E-state index contributed by atoms with van der Waals surface area (Å²) < 4.78 is 0. The number of benzene rings is 1. The van der Waals surface area contributed by atoms with Crippen molar-refractivity contribution in [1.29, 1.82) is 0 Å². The fourth-order valence-electron chi connectivity index (χ4n) is 2.36. The number of unbranched alkanes of at least 4 members (excludes halogenated alkanes) is 1. The smallest absolute Gasteiger partial charge is 0.230 e. The second-order valence-electron chi connectivity index (χ2n) is 5.81. The number of carbonyl (C=O) groups is 1. The van der Waals surface area contributed by atoms with E-state index in [9.17, 15) is 4.79 Å². The Morgan fingerprint density at radius 1 is 0.963 bits per heavy atom. The molecule has 142 valence electrons. The minimum absolute atomic E-state index is 0.114. The number of rotatable bonds is 9. The topological polar surface area (TPSA) is 92.7 Å². The highest BCUT2D eigenvalue weighted by Crippen LogP contribution is 2.20. The van der Waals surface area contributed by atoms with E-state index < -0.39 is 0 Å². The van der Waals surface area contributed by atoms with Crippen LogP contribution in [0.15, 0.2) is 24.3 Å². The van der Waals surface area contributed by atoms with E-state index in [2.05, 4.69) is 31.0 Å². The van der Waals surface area contributed by atoms with E-state index in [0.717, 1.165) is 46.4 Å². The molecular formula is C17H19ClN6OS2. The van der Waals surface area contributed by atoms with Gasteiger partial charge in [-0.3, -0.25) is 4.79 Å². The van der Waals surface area contributed by atoms with Gasteiger partial charge in [-0.2, -0.15) is 0 Å². The Morgan fingerprint density at radius 2 is 1.56 bits per heavy atom. The van der Waals surface area contributed by atoms with Crippen molar-refractivity contribution < 1.29 is 4.79 Å². The van der Waals surface area contributed by atoms with E-state index in [1.54, 1.807) is 23.5 Å². The molecule has 3 aromatic rings. The van der Waals surface area contributed by atoms with Gasteiger partial charge in [0.2, 0.25) is 16.2 Å². The van der Waals surface area contributed by atoms with Gasteiger partial charge < -0.3 is 10.6 Å². The number of aromatic nitrogens is 4. The van der Waals surface area contributed by atoms with Crippen molar-refractivity contribution in [3.63, 3.8) is 0 Å². The van der Waals surface area contributed by atoms with Crippen LogP contribution in [0.25, 0.3) is 0 Å². The summed E-state index contributed by atoms with van der Waals surface area (Å²) >= 11 is 8.84. The van der Waals surface area contributed by atoms with Crippen LogP contribution in [-0.2, 0) is 24.1 Å². The normalized spacial score (nSPS) is 10.7. The Balaban J connectivity index is 1.39. The molecule has 0 aliphatic carbocycles. The molecule has 3 rings (SSSR count). The molecule has 10 heteroatoms. The molecule has 0 radical (unpaired) electrons. The second kappa shape index (κ2) is 9.72. The molecule has 0 saturated heterocycles. The van der Waals surface area contributed by atoms with Gasteiger partial charge in [0.15, 0.2) is 0 Å².